The molecule has 0 spiro atoms. The maximum absolute atomic E-state index is 9.02. The van der Waals surface area contributed by atoms with Crippen LogP contribution in [0.5, 0.6) is 0 Å². The Kier molecular flexibility index (Phi) is 10.0. The van der Waals surface area contributed by atoms with Gasteiger partial charge in [-0.25, -0.2) is 0 Å². The number of aryl methyl sites for hydroxylation is 3. The van der Waals surface area contributed by atoms with Crippen molar-refractivity contribution in [2.24, 2.45) is 5.41 Å². The molecule has 0 amide bonds. The predicted octanol–water partition coefficient (Wildman–Crippen LogP) is 14.5. The molecule has 0 N–H and O–H groups in total. The van der Waals surface area contributed by atoms with Gasteiger partial charge in [-0.15, -0.1) is 0 Å². The molecule has 1 aliphatic carbocycles. The Morgan fingerprint density at radius 1 is 0.536 bits per heavy atom. The number of hydrogen-bond acceptors (Lipinski definition) is 2. The molecular weight excluding hydrogens is 677 g/mol. The smallest absolute Gasteiger partial charge is 0.0708 e. The van der Waals surface area contributed by atoms with Crippen LogP contribution in [0.2, 0.25) is 0 Å². The maximum Gasteiger partial charge on any atom is 0.0708 e. The summed E-state index contributed by atoms with van der Waals surface area (Å²) in [5.74, 6) is -0.445. The zero-order valence-electron chi connectivity index (χ0n) is 36.3. The van der Waals surface area contributed by atoms with E-state index < -0.39 is 17.7 Å². The number of benzene rings is 5. The van der Waals surface area contributed by atoms with Gasteiger partial charge in [0.05, 0.1) is 11.4 Å². The van der Waals surface area contributed by atoms with Crippen LogP contribution in [-0.2, 0) is 19.2 Å². The van der Waals surface area contributed by atoms with Gasteiger partial charge in [0.25, 0.3) is 0 Å². The molecule has 0 unspecified atom stereocenters. The fourth-order valence-electron chi connectivity index (χ4n) is 8.13. The van der Waals surface area contributed by atoms with E-state index in [1.54, 1.807) is 12.3 Å². The van der Waals surface area contributed by atoms with E-state index >= 15 is 0 Å². The van der Waals surface area contributed by atoms with Gasteiger partial charge in [0.2, 0.25) is 0 Å². The third-order valence-electron chi connectivity index (χ3n) is 10.9. The summed E-state index contributed by atoms with van der Waals surface area (Å²) in [4.78, 5) is 9.33. The van der Waals surface area contributed by atoms with Gasteiger partial charge in [0.1, 0.15) is 0 Å². The van der Waals surface area contributed by atoms with Gasteiger partial charge in [-0.3, -0.25) is 9.97 Å². The Labute approximate surface area is 339 Å². The topological polar surface area (TPSA) is 25.8 Å². The molecule has 7 aromatic rings. The van der Waals surface area contributed by atoms with Gasteiger partial charge in [0, 0.05) is 27.6 Å². The first-order valence-electron chi connectivity index (χ1n) is 21.8. The lowest BCUT2D eigenvalue weighted by Crippen LogP contribution is -2.09. The van der Waals surface area contributed by atoms with Gasteiger partial charge in [0.15, 0.2) is 0 Å². The van der Waals surface area contributed by atoms with Crippen molar-refractivity contribution in [1.82, 2.24) is 9.97 Å². The molecule has 2 heterocycles. The van der Waals surface area contributed by atoms with Crippen LogP contribution in [0.1, 0.15) is 90.7 Å². The Balaban J connectivity index is 0.966. The lowest BCUT2D eigenvalue weighted by atomic mass is 9.84. The lowest BCUT2D eigenvalue weighted by molar-refractivity contribution is 0.411. The molecule has 2 nitrogen and oxygen atoms in total. The van der Waals surface area contributed by atoms with Crippen molar-refractivity contribution in [3.05, 3.63) is 180 Å². The fraction of sp³-hybridized carbons (Fsp3) is 0.259. The molecular formula is C54H54N2. The number of aromatic nitrogens is 2. The third kappa shape index (κ3) is 9.09. The maximum atomic E-state index is 9.02. The summed E-state index contributed by atoms with van der Waals surface area (Å²) in [6.07, 6.45) is 9.43. The quantitative estimate of drug-likeness (QED) is 0.140. The summed E-state index contributed by atoms with van der Waals surface area (Å²) in [5.41, 5.74) is 16.0. The SMILES string of the molecule is [2H]C1(c2ccc(-c3ccnc(-c4ccc(-c5ccccc5-c5cc(C)cc(CCc6ccc(-c7cc(C([2H])([2H])C(C)(C)C)ccn7)cc6)c5)cc4)c3)cc2)CCCCC1. The van der Waals surface area contributed by atoms with Crippen LogP contribution < -0.4 is 0 Å². The van der Waals surface area contributed by atoms with Crippen molar-refractivity contribution < 1.29 is 4.11 Å². The summed E-state index contributed by atoms with van der Waals surface area (Å²) in [7, 11) is 0. The van der Waals surface area contributed by atoms with E-state index in [0.29, 0.717) is 5.56 Å². The second kappa shape index (κ2) is 16.6. The second-order valence-electron chi connectivity index (χ2n) is 16.5. The first-order valence-corrected chi connectivity index (χ1v) is 20.3. The average Bonchev–Trinajstić information content (AvgIpc) is 3.26. The lowest BCUT2D eigenvalue weighted by Gasteiger charge is -2.22. The van der Waals surface area contributed by atoms with Crippen LogP contribution >= 0.6 is 0 Å². The molecule has 0 saturated heterocycles. The summed E-state index contributed by atoms with van der Waals surface area (Å²) >= 11 is 0. The summed E-state index contributed by atoms with van der Waals surface area (Å²) in [6.45, 7) is 7.98. The monoisotopic (exact) mass is 733 g/mol. The number of nitrogens with zero attached hydrogens (tertiary/aromatic N) is 2. The second-order valence-corrected chi connectivity index (χ2v) is 16.5. The molecule has 1 saturated carbocycles. The van der Waals surface area contributed by atoms with Crippen LogP contribution in [0.15, 0.2) is 152 Å². The fourth-order valence-corrected chi connectivity index (χ4v) is 8.13. The van der Waals surface area contributed by atoms with Gasteiger partial charge in [-0.2, -0.15) is 0 Å². The molecule has 56 heavy (non-hydrogen) atoms. The van der Waals surface area contributed by atoms with E-state index in [9.17, 15) is 0 Å². The standard InChI is InChI=1S/C54H54N2/c1-38-32-40(15-14-39-16-18-46(19-17-39)52-35-41(28-30-55-52)37-54(2,3)4)34-49(33-38)51-13-9-8-12-50(51)45-24-26-47(27-25-45)53-36-48(29-31-56-53)44-22-20-43(21-23-44)42-10-6-5-7-11-42/h8-9,12-13,16-36,42H,5-7,10-11,14-15,37H2,1-4H3/i37D2,42D. The number of pyridine rings is 2. The van der Waals surface area contributed by atoms with Crippen molar-refractivity contribution in [3.8, 4) is 55.9 Å². The minimum Gasteiger partial charge on any atom is -0.256 e. The first-order chi connectivity index (χ1) is 28.4. The molecule has 0 aliphatic heterocycles. The molecule has 0 atom stereocenters. The summed E-state index contributed by atoms with van der Waals surface area (Å²) in [5, 5.41) is 0. The summed E-state index contributed by atoms with van der Waals surface area (Å²) in [6, 6.07) is 49.5. The van der Waals surface area contributed by atoms with E-state index in [1.165, 1.54) is 45.4 Å². The Morgan fingerprint density at radius 2 is 1.12 bits per heavy atom. The van der Waals surface area contributed by atoms with Gasteiger partial charge in [-0.05, 0) is 130 Å². The largest absolute Gasteiger partial charge is 0.256 e. The Bertz CT molecular complexity index is 2540. The highest BCUT2D eigenvalue weighted by molar-refractivity contribution is 5.85. The number of hydrogen-bond donors (Lipinski definition) is 0. The van der Waals surface area contributed by atoms with Crippen LogP contribution in [0.3, 0.4) is 0 Å². The van der Waals surface area contributed by atoms with Crippen molar-refractivity contribution in [2.45, 2.75) is 84.9 Å². The normalized spacial score (nSPS) is 15.1. The van der Waals surface area contributed by atoms with Crippen LogP contribution in [0, 0.1) is 12.3 Å². The highest BCUT2D eigenvalue weighted by Gasteiger charge is 2.16. The Morgan fingerprint density at radius 3 is 1.82 bits per heavy atom. The Hall–Kier alpha value is -5.60. The van der Waals surface area contributed by atoms with Crippen molar-refractivity contribution in [2.75, 3.05) is 0 Å². The van der Waals surface area contributed by atoms with Gasteiger partial charge in [-0.1, -0.05) is 161 Å². The van der Waals surface area contributed by atoms with Crippen LogP contribution in [0.25, 0.3) is 55.9 Å². The molecule has 1 aliphatic rings. The zero-order valence-corrected chi connectivity index (χ0v) is 33.3. The van der Waals surface area contributed by atoms with Crippen LogP contribution in [0.4, 0.5) is 0 Å². The first kappa shape index (κ1) is 33.7. The molecule has 280 valence electrons. The molecule has 1 fully saturated rings. The van der Waals surface area contributed by atoms with E-state index in [2.05, 4.69) is 139 Å². The molecule has 0 bridgehead atoms. The van der Waals surface area contributed by atoms with E-state index in [0.717, 1.165) is 77.7 Å². The molecule has 2 heteroatoms. The highest BCUT2D eigenvalue weighted by atomic mass is 14.7. The molecule has 0 radical (unpaired) electrons. The van der Waals surface area contributed by atoms with Gasteiger partial charge >= 0.3 is 0 Å². The van der Waals surface area contributed by atoms with E-state index in [-0.39, 0.29) is 0 Å². The average molecular weight is 734 g/mol. The third-order valence-corrected chi connectivity index (χ3v) is 10.9. The highest BCUT2D eigenvalue weighted by Crippen LogP contribution is 2.36. The van der Waals surface area contributed by atoms with Gasteiger partial charge < -0.3 is 0 Å². The van der Waals surface area contributed by atoms with Crippen molar-refractivity contribution in [1.29, 1.82) is 0 Å². The summed E-state index contributed by atoms with van der Waals surface area (Å²) < 4.78 is 26.5. The minimum absolute atomic E-state index is 0.445. The van der Waals surface area contributed by atoms with Crippen LogP contribution in [-0.4, -0.2) is 9.97 Å². The van der Waals surface area contributed by atoms with E-state index in [4.69, 9.17) is 9.10 Å². The molecule has 5 aromatic carbocycles. The van der Waals surface area contributed by atoms with Crippen molar-refractivity contribution in [3.63, 3.8) is 0 Å². The number of rotatable bonds is 10. The minimum atomic E-state index is -1.47. The molecule has 2 aromatic heterocycles. The molecule has 8 rings (SSSR count). The zero-order chi connectivity index (χ0) is 41.2. The van der Waals surface area contributed by atoms with Crippen molar-refractivity contribution >= 4 is 0 Å². The van der Waals surface area contributed by atoms with E-state index in [1.807, 2.05) is 33.0 Å². The predicted molar refractivity (Wildman–Crippen MR) is 237 cm³/mol.